The number of benzene rings is 4. The van der Waals surface area contributed by atoms with Crippen molar-refractivity contribution >= 4 is 57.1 Å². The van der Waals surface area contributed by atoms with Gasteiger partial charge in [-0.25, -0.2) is 9.69 Å². The monoisotopic (exact) mass is 674 g/mol. The third-order valence-corrected chi connectivity index (χ3v) is 7.45. The summed E-state index contributed by atoms with van der Waals surface area (Å²) in [5.74, 6) is 0.0421. The summed E-state index contributed by atoms with van der Waals surface area (Å²) in [6.45, 7) is 4.67. The number of carbonyl (C=O) groups is 3. The molecular weight excluding hydrogens is 648 g/mol. The van der Waals surface area contributed by atoms with Gasteiger partial charge in [0.2, 0.25) is 0 Å². The average molecular weight is 676 g/mol. The number of hydrogen-bond donors (Lipinski definition) is 1. The van der Waals surface area contributed by atoms with Gasteiger partial charge >= 0.3 is 6.03 Å². The van der Waals surface area contributed by atoms with E-state index < -0.39 is 17.8 Å². The van der Waals surface area contributed by atoms with Gasteiger partial charge in [0, 0.05) is 15.1 Å². The number of barbiturate groups is 1. The summed E-state index contributed by atoms with van der Waals surface area (Å²) in [5.41, 5.74) is 3.01. The molecule has 1 N–H and O–H groups in total. The van der Waals surface area contributed by atoms with Gasteiger partial charge in [0.25, 0.3) is 11.8 Å². The number of urea groups is 1. The summed E-state index contributed by atoms with van der Waals surface area (Å²) >= 11 is 9.59. The van der Waals surface area contributed by atoms with Gasteiger partial charge in [-0.15, -0.1) is 0 Å². The van der Waals surface area contributed by atoms with Gasteiger partial charge in [-0.3, -0.25) is 14.9 Å². The molecule has 0 aliphatic carbocycles. The van der Waals surface area contributed by atoms with Crippen molar-refractivity contribution in [2.45, 2.75) is 27.1 Å². The second-order valence-electron chi connectivity index (χ2n) is 9.85. The molecule has 4 aromatic carbocycles. The van der Waals surface area contributed by atoms with Gasteiger partial charge in [0.1, 0.15) is 24.5 Å². The molecule has 5 rings (SSSR count). The van der Waals surface area contributed by atoms with E-state index in [1.54, 1.807) is 37.3 Å². The molecular formula is C34H28BrClN2O6. The van der Waals surface area contributed by atoms with Crippen molar-refractivity contribution in [2.75, 3.05) is 11.5 Å². The summed E-state index contributed by atoms with van der Waals surface area (Å²) in [6, 6.07) is 24.7. The molecule has 224 valence electrons. The molecule has 0 radical (unpaired) electrons. The molecule has 8 nitrogen and oxygen atoms in total. The zero-order chi connectivity index (χ0) is 31.2. The number of halogens is 2. The molecule has 0 unspecified atom stereocenters. The maximum atomic E-state index is 13.5. The van der Waals surface area contributed by atoms with Crippen LogP contribution in [0.25, 0.3) is 6.08 Å². The van der Waals surface area contributed by atoms with E-state index in [0.29, 0.717) is 51.1 Å². The van der Waals surface area contributed by atoms with Crippen molar-refractivity contribution in [1.82, 2.24) is 5.32 Å². The standard InChI is InChI=1S/C34H28BrClN2O6/c1-3-42-31-15-23(10-13-30(31)44-19-22-7-5-4-6-8-22)20-43-29-14-11-25(35)16-24(29)17-27-32(39)37-34(41)38(33(27)40)28-18-26(36)12-9-21(28)2/h4-18H,3,19-20H2,1-2H3,(H,37,39,41)/b27-17+. The predicted octanol–water partition coefficient (Wildman–Crippen LogP) is 7.63. The highest BCUT2D eigenvalue weighted by atomic mass is 79.9. The maximum absolute atomic E-state index is 13.5. The number of anilines is 1. The Labute approximate surface area is 268 Å². The molecule has 0 spiro atoms. The van der Waals surface area contributed by atoms with Crippen molar-refractivity contribution in [1.29, 1.82) is 0 Å². The minimum absolute atomic E-state index is 0.170. The van der Waals surface area contributed by atoms with E-state index in [1.165, 1.54) is 12.1 Å². The number of nitrogens with zero attached hydrogens (tertiary/aromatic N) is 1. The molecule has 4 aromatic rings. The van der Waals surface area contributed by atoms with Gasteiger partial charge in [-0.1, -0.05) is 70.0 Å². The number of aryl methyl sites for hydroxylation is 1. The molecule has 0 aromatic heterocycles. The predicted molar refractivity (Wildman–Crippen MR) is 172 cm³/mol. The van der Waals surface area contributed by atoms with E-state index in [-0.39, 0.29) is 17.9 Å². The van der Waals surface area contributed by atoms with E-state index >= 15 is 0 Å². The molecule has 44 heavy (non-hydrogen) atoms. The summed E-state index contributed by atoms with van der Waals surface area (Å²) < 4.78 is 18.7. The van der Waals surface area contributed by atoms with Crippen LogP contribution in [0.3, 0.4) is 0 Å². The SMILES string of the molecule is CCOc1cc(COc2ccc(Br)cc2/C=C2\C(=O)NC(=O)N(c3cc(Cl)ccc3C)C2=O)ccc1OCc1ccccc1. The maximum Gasteiger partial charge on any atom is 0.335 e. The molecule has 10 heteroatoms. The molecule has 1 aliphatic heterocycles. The number of nitrogens with one attached hydrogen (secondary N) is 1. The van der Waals surface area contributed by atoms with Crippen LogP contribution >= 0.6 is 27.5 Å². The average Bonchev–Trinajstić information content (AvgIpc) is 3.00. The van der Waals surface area contributed by atoms with E-state index in [4.69, 9.17) is 25.8 Å². The van der Waals surface area contributed by atoms with Crippen LogP contribution in [-0.4, -0.2) is 24.5 Å². The summed E-state index contributed by atoms with van der Waals surface area (Å²) in [7, 11) is 0. The second-order valence-corrected chi connectivity index (χ2v) is 11.2. The molecule has 4 amide bonds. The Hall–Kier alpha value is -4.60. The van der Waals surface area contributed by atoms with Crippen LogP contribution < -0.4 is 24.4 Å². The molecule has 1 saturated heterocycles. The second kappa shape index (κ2) is 13.8. The number of ether oxygens (including phenoxy) is 3. The van der Waals surface area contributed by atoms with Crippen LogP contribution in [0, 0.1) is 6.92 Å². The lowest BCUT2D eigenvalue weighted by atomic mass is 10.0. The van der Waals surface area contributed by atoms with Gasteiger partial charge < -0.3 is 14.2 Å². The molecule has 0 bridgehead atoms. The Morgan fingerprint density at radius 1 is 0.818 bits per heavy atom. The Kier molecular flexibility index (Phi) is 9.67. The van der Waals surface area contributed by atoms with Crippen LogP contribution in [0.15, 0.2) is 95.0 Å². The van der Waals surface area contributed by atoms with Crippen molar-refractivity contribution < 1.29 is 28.6 Å². The minimum atomic E-state index is -0.852. The highest BCUT2D eigenvalue weighted by Gasteiger charge is 2.37. The smallest absolute Gasteiger partial charge is 0.335 e. The number of carbonyl (C=O) groups excluding carboxylic acids is 3. The van der Waals surface area contributed by atoms with Crippen LogP contribution in [0.1, 0.15) is 29.2 Å². The highest BCUT2D eigenvalue weighted by molar-refractivity contribution is 9.10. The number of amides is 4. The Morgan fingerprint density at radius 2 is 1.55 bits per heavy atom. The number of imide groups is 2. The first-order valence-electron chi connectivity index (χ1n) is 13.8. The van der Waals surface area contributed by atoms with Crippen LogP contribution in [0.4, 0.5) is 10.5 Å². The lowest BCUT2D eigenvalue weighted by molar-refractivity contribution is -0.122. The lowest BCUT2D eigenvalue weighted by Crippen LogP contribution is -2.54. The normalized spacial score (nSPS) is 14.0. The topological polar surface area (TPSA) is 94.2 Å². The Bertz CT molecular complexity index is 1760. The fraction of sp³-hybridized carbons (Fsp3) is 0.147. The Balaban J connectivity index is 1.38. The Morgan fingerprint density at radius 3 is 2.32 bits per heavy atom. The zero-order valence-electron chi connectivity index (χ0n) is 23.9. The zero-order valence-corrected chi connectivity index (χ0v) is 26.3. The van der Waals surface area contributed by atoms with E-state index in [9.17, 15) is 14.4 Å². The molecule has 0 saturated carbocycles. The summed E-state index contributed by atoms with van der Waals surface area (Å²) in [5, 5.41) is 2.60. The fourth-order valence-corrected chi connectivity index (χ4v) is 5.09. The minimum Gasteiger partial charge on any atom is -0.490 e. The summed E-state index contributed by atoms with van der Waals surface area (Å²) in [6.07, 6.45) is 1.41. The van der Waals surface area contributed by atoms with Gasteiger partial charge in [0.15, 0.2) is 11.5 Å². The van der Waals surface area contributed by atoms with E-state index in [2.05, 4.69) is 21.2 Å². The van der Waals surface area contributed by atoms with Gasteiger partial charge in [-0.05, 0) is 79.1 Å². The van der Waals surface area contributed by atoms with Crippen LogP contribution in [0.2, 0.25) is 5.02 Å². The van der Waals surface area contributed by atoms with Gasteiger partial charge in [0.05, 0.1) is 12.3 Å². The van der Waals surface area contributed by atoms with Crippen LogP contribution in [-0.2, 0) is 22.8 Å². The first-order valence-corrected chi connectivity index (χ1v) is 14.9. The first-order chi connectivity index (χ1) is 21.2. The molecule has 1 aliphatic rings. The molecule has 0 atom stereocenters. The van der Waals surface area contributed by atoms with Crippen molar-refractivity contribution in [3.63, 3.8) is 0 Å². The van der Waals surface area contributed by atoms with Gasteiger partial charge in [-0.2, -0.15) is 0 Å². The number of hydrogen-bond acceptors (Lipinski definition) is 6. The van der Waals surface area contributed by atoms with Crippen molar-refractivity contribution in [3.8, 4) is 17.2 Å². The lowest BCUT2D eigenvalue weighted by Gasteiger charge is -2.27. The van der Waals surface area contributed by atoms with E-state index in [1.807, 2.05) is 55.5 Å². The third kappa shape index (κ3) is 7.12. The van der Waals surface area contributed by atoms with Crippen LogP contribution in [0.5, 0.6) is 17.2 Å². The van der Waals surface area contributed by atoms with Crippen molar-refractivity contribution in [2.24, 2.45) is 0 Å². The highest BCUT2D eigenvalue weighted by Crippen LogP contribution is 2.33. The third-order valence-electron chi connectivity index (χ3n) is 6.72. The largest absolute Gasteiger partial charge is 0.490 e. The first kappa shape index (κ1) is 30.8. The molecule has 1 heterocycles. The number of rotatable bonds is 10. The quantitative estimate of drug-likeness (QED) is 0.137. The summed E-state index contributed by atoms with van der Waals surface area (Å²) in [4.78, 5) is 40.0. The van der Waals surface area contributed by atoms with Crippen molar-refractivity contribution in [3.05, 3.63) is 122 Å². The fourth-order valence-electron chi connectivity index (χ4n) is 4.54. The molecule has 1 fully saturated rings. The van der Waals surface area contributed by atoms with E-state index in [0.717, 1.165) is 16.0 Å².